The number of amides is 2. The Morgan fingerprint density at radius 1 is 1.29 bits per heavy atom. The molecule has 120 valence electrons. The van der Waals surface area contributed by atoms with E-state index in [1.807, 2.05) is 0 Å². The van der Waals surface area contributed by atoms with Crippen LogP contribution in [0.3, 0.4) is 0 Å². The minimum Gasteiger partial charge on any atom is -0.481 e. The maximum absolute atomic E-state index is 12.6. The zero-order valence-electron chi connectivity index (χ0n) is 12.2. The highest BCUT2D eigenvalue weighted by Gasteiger charge is 2.33. The number of ether oxygens (including phenoxy) is 1. The highest BCUT2D eigenvalue weighted by molar-refractivity contribution is 5.76. The predicted molar refractivity (Wildman–Crippen MR) is 75.0 cm³/mol. The van der Waals surface area contributed by atoms with E-state index in [4.69, 9.17) is 14.9 Å². The molecule has 2 saturated heterocycles. The number of likely N-dealkylation sites (tertiary alicyclic amines) is 1. The summed E-state index contributed by atoms with van der Waals surface area (Å²) in [5, 5.41) is 18.0. The van der Waals surface area contributed by atoms with Crippen LogP contribution in [0.15, 0.2) is 0 Å². The van der Waals surface area contributed by atoms with Crippen molar-refractivity contribution in [3.63, 3.8) is 0 Å². The van der Waals surface area contributed by atoms with E-state index >= 15 is 0 Å². The van der Waals surface area contributed by atoms with Gasteiger partial charge >= 0.3 is 12.0 Å². The first-order valence-electron chi connectivity index (χ1n) is 7.57. The van der Waals surface area contributed by atoms with Crippen molar-refractivity contribution in [2.45, 2.75) is 31.7 Å². The van der Waals surface area contributed by atoms with Gasteiger partial charge in [0.25, 0.3) is 0 Å². The molecule has 2 atom stereocenters. The Labute approximate surface area is 124 Å². The molecule has 2 unspecified atom stereocenters. The Kier molecular flexibility index (Phi) is 5.81. The molecule has 2 rings (SSSR count). The predicted octanol–water partition coefficient (Wildman–Crippen LogP) is 0.376. The van der Waals surface area contributed by atoms with Gasteiger partial charge in [0.1, 0.15) is 0 Å². The number of piperidine rings is 1. The number of carbonyl (C=O) groups excluding carboxylic acids is 1. The molecule has 2 N–H and O–H groups in total. The maximum atomic E-state index is 12.6. The summed E-state index contributed by atoms with van der Waals surface area (Å²) in [4.78, 5) is 27.0. The average Bonchev–Trinajstić information content (AvgIpc) is 2.47. The largest absolute Gasteiger partial charge is 0.481 e. The Balaban J connectivity index is 1.97. The summed E-state index contributed by atoms with van der Waals surface area (Å²) in [6.07, 6.45) is 2.60. The normalized spacial score (nSPS) is 26.7. The molecular weight excluding hydrogens is 276 g/mol. The Bertz CT molecular complexity index is 374. The van der Waals surface area contributed by atoms with Gasteiger partial charge in [0.2, 0.25) is 0 Å². The molecule has 0 aromatic rings. The van der Waals surface area contributed by atoms with Crippen LogP contribution in [0.2, 0.25) is 0 Å². The van der Waals surface area contributed by atoms with E-state index in [1.54, 1.807) is 9.80 Å². The Hall–Kier alpha value is -1.34. The standard InChI is InChI=1S/C14H24N2O5/c17-6-3-11-2-1-4-15(9-11)14(20)16-5-7-21-10-12(16)8-13(18)19/h11-12,17H,1-10H2,(H,18,19). The molecule has 0 aromatic heterocycles. The van der Waals surface area contributed by atoms with Crippen molar-refractivity contribution in [2.75, 3.05) is 39.5 Å². The number of hydrogen-bond acceptors (Lipinski definition) is 4. The second kappa shape index (κ2) is 7.61. The number of morpholine rings is 1. The van der Waals surface area contributed by atoms with Crippen molar-refractivity contribution in [3.8, 4) is 0 Å². The molecule has 21 heavy (non-hydrogen) atoms. The first-order chi connectivity index (χ1) is 10.1. The van der Waals surface area contributed by atoms with Crippen LogP contribution < -0.4 is 0 Å². The Morgan fingerprint density at radius 3 is 2.81 bits per heavy atom. The summed E-state index contributed by atoms with van der Waals surface area (Å²) in [7, 11) is 0. The van der Waals surface area contributed by atoms with Crippen LogP contribution >= 0.6 is 0 Å². The zero-order chi connectivity index (χ0) is 15.2. The third-order valence-corrected chi connectivity index (χ3v) is 4.21. The number of carboxylic acid groups (broad SMARTS) is 1. The fourth-order valence-electron chi connectivity index (χ4n) is 3.12. The lowest BCUT2D eigenvalue weighted by atomic mass is 9.95. The third kappa shape index (κ3) is 4.31. The van der Waals surface area contributed by atoms with Crippen molar-refractivity contribution in [1.82, 2.24) is 9.80 Å². The molecule has 0 saturated carbocycles. The summed E-state index contributed by atoms with van der Waals surface area (Å²) in [5.41, 5.74) is 0. The first kappa shape index (κ1) is 16.0. The van der Waals surface area contributed by atoms with E-state index in [0.717, 1.165) is 12.8 Å². The van der Waals surface area contributed by atoms with Crippen LogP contribution in [0.25, 0.3) is 0 Å². The molecule has 0 bridgehead atoms. The van der Waals surface area contributed by atoms with E-state index in [1.165, 1.54) is 0 Å². The first-order valence-corrected chi connectivity index (χ1v) is 7.57. The van der Waals surface area contributed by atoms with Gasteiger partial charge in [-0.25, -0.2) is 4.79 Å². The summed E-state index contributed by atoms with van der Waals surface area (Å²) < 4.78 is 5.30. The molecule has 0 spiro atoms. The molecule has 2 fully saturated rings. The van der Waals surface area contributed by atoms with Gasteiger partial charge < -0.3 is 24.7 Å². The quantitative estimate of drug-likeness (QED) is 0.783. The summed E-state index contributed by atoms with van der Waals surface area (Å²) in [5.74, 6) is -0.577. The number of nitrogens with zero attached hydrogens (tertiary/aromatic N) is 2. The number of aliphatic hydroxyl groups excluding tert-OH is 1. The van der Waals surface area contributed by atoms with Crippen LogP contribution in [0.5, 0.6) is 0 Å². The van der Waals surface area contributed by atoms with Gasteiger partial charge in [0.15, 0.2) is 0 Å². The molecular formula is C14H24N2O5. The lowest BCUT2D eigenvalue weighted by Gasteiger charge is -2.41. The fraction of sp³-hybridized carbons (Fsp3) is 0.857. The molecule has 2 amide bonds. The van der Waals surface area contributed by atoms with Crippen LogP contribution in [0, 0.1) is 5.92 Å². The minimum absolute atomic E-state index is 0.0837. The maximum Gasteiger partial charge on any atom is 0.320 e. The zero-order valence-corrected chi connectivity index (χ0v) is 12.2. The molecule has 2 aliphatic heterocycles. The lowest BCUT2D eigenvalue weighted by Crippen LogP contribution is -2.55. The molecule has 2 heterocycles. The van der Waals surface area contributed by atoms with Crippen molar-refractivity contribution in [2.24, 2.45) is 5.92 Å². The average molecular weight is 300 g/mol. The lowest BCUT2D eigenvalue weighted by molar-refractivity contribution is -0.139. The van der Waals surface area contributed by atoms with Gasteiger partial charge in [-0.2, -0.15) is 0 Å². The minimum atomic E-state index is -0.917. The smallest absolute Gasteiger partial charge is 0.320 e. The number of aliphatic carboxylic acids is 1. The highest BCUT2D eigenvalue weighted by atomic mass is 16.5. The van der Waals surface area contributed by atoms with E-state index in [0.29, 0.717) is 38.6 Å². The summed E-state index contributed by atoms with van der Waals surface area (Å²) in [6, 6.07) is -0.478. The topological polar surface area (TPSA) is 90.3 Å². The number of rotatable bonds is 4. The second-order valence-electron chi connectivity index (χ2n) is 5.77. The van der Waals surface area contributed by atoms with E-state index in [-0.39, 0.29) is 31.7 Å². The molecule has 0 aliphatic carbocycles. The number of carbonyl (C=O) groups is 2. The van der Waals surface area contributed by atoms with E-state index < -0.39 is 5.97 Å². The van der Waals surface area contributed by atoms with Crippen LogP contribution in [0.4, 0.5) is 4.79 Å². The van der Waals surface area contributed by atoms with Crippen LogP contribution in [0.1, 0.15) is 25.7 Å². The summed E-state index contributed by atoms with van der Waals surface area (Å²) in [6.45, 7) is 2.68. The van der Waals surface area contributed by atoms with Gasteiger partial charge in [-0.05, 0) is 25.2 Å². The number of aliphatic hydroxyl groups is 1. The molecule has 7 nitrogen and oxygen atoms in total. The molecule has 0 radical (unpaired) electrons. The van der Waals surface area contributed by atoms with Gasteiger partial charge in [-0.3, -0.25) is 4.79 Å². The number of carboxylic acids is 1. The van der Waals surface area contributed by atoms with Gasteiger partial charge in [0.05, 0.1) is 25.7 Å². The Morgan fingerprint density at radius 2 is 2.10 bits per heavy atom. The van der Waals surface area contributed by atoms with Gasteiger partial charge in [-0.15, -0.1) is 0 Å². The molecule has 0 aromatic carbocycles. The van der Waals surface area contributed by atoms with Gasteiger partial charge in [0, 0.05) is 26.2 Å². The SMILES string of the molecule is O=C(O)CC1COCCN1C(=O)N1CCCC(CCO)C1. The fourth-order valence-corrected chi connectivity index (χ4v) is 3.12. The van der Waals surface area contributed by atoms with Crippen molar-refractivity contribution >= 4 is 12.0 Å². The monoisotopic (exact) mass is 300 g/mol. The third-order valence-electron chi connectivity index (χ3n) is 4.21. The summed E-state index contributed by atoms with van der Waals surface area (Å²) >= 11 is 0. The van der Waals surface area contributed by atoms with E-state index in [9.17, 15) is 9.59 Å². The highest BCUT2D eigenvalue weighted by Crippen LogP contribution is 2.22. The molecule has 7 heteroatoms. The second-order valence-corrected chi connectivity index (χ2v) is 5.77. The number of urea groups is 1. The number of hydrogen-bond donors (Lipinski definition) is 2. The van der Waals surface area contributed by atoms with Crippen molar-refractivity contribution < 1.29 is 24.5 Å². The van der Waals surface area contributed by atoms with Crippen LogP contribution in [-0.4, -0.2) is 77.5 Å². The van der Waals surface area contributed by atoms with Gasteiger partial charge in [-0.1, -0.05) is 0 Å². The van der Waals surface area contributed by atoms with Crippen molar-refractivity contribution in [1.29, 1.82) is 0 Å². The molecule has 2 aliphatic rings. The van der Waals surface area contributed by atoms with E-state index in [2.05, 4.69) is 0 Å². The van der Waals surface area contributed by atoms with Crippen LogP contribution in [-0.2, 0) is 9.53 Å². The van der Waals surface area contributed by atoms with Crippen molar-refractivity contribution in [3.05, 3.63) is 0 Å².